The quantitative estimate of drug-likeness (QED) is 0.872. The second-order valence-corrected chi connectivity index (χ2v) is 6.81. The highest BCUT2D eigenvalue weighted by atomic mass is 32.2. The van der Waals surface area contributed by atoms with Gasteiger partial charge in [-0.15, -0.1) is 0 Å². The van der Waals surface area contributed by atoms with Gasteiger partial charge in [0.25, 0.3) is 0 Å². The van der Waals surface area contributed by atoms with Gasteiger partial charge >= 0.3 is 0 Å². The number of amides is 1. The van der Waals surface area contributed by atoms with Crippen LogP contribution in [-0.2, 0) is 14.6 Å². The SMILES string of the molecule is CS(=O)(=O)c1cccc(NC(=O)C2CCCCN2)c1. The lowest BCUT2D eigenvalue weighted by Gasteiger charge is -2.22. The van der Waals surface area contributed by atoms with E-state index < -0.39 is 9.84 Å². The molecule has 1 aromatic rings. The molecule has 1 aromatic carbocycles. The molecule has 1 amide bonds. The van der Waals surface area contributed by atoms with Crippen molar-refractivity contribution in [3.63, 3.8) is 0 Å². The first-order valence-corrected chi connectivity index (χ1v) is 8.20. The number of piperidine rings is 1. The predicted molar refractivity (Wildman–Crippen MR) is 73.8 cm³/mol. The van der Waals surface area contributed by atoms with Gasteiger partial charge in [0.15, 0.2) is 9.84 Å². The molecule has 0 bridgehead atoms. The molecule has 0 spiro atoms. The van der Waals surface area contributed by atoms with Crippen molar-refractivity contribution in [2.75, 3.05) is 18.1 Å². The van der Waals surface area contributed by atoms with Crippen molar-refractivity contribution in [2.24, 2.45) is 0 Å². The lowest BCUT2D eigenvalue weighted by Crippen LogP contribution is -2.43. The van der Waals surface area contributed by atoms with Gasteiger partial charge in [-0.05, 0) is 37.6 Å². The molecule has 5 nitrogen and oxygen atoms in total. The molecule has 1 fully saturated rings. The zero-order chi connectivity index (χ0) is 13.9. The fourth-order valence-corrected chi connectivity index (χ4v) is 2.78. The van der Waals surface area contributed by atoms with Crippen LogP contribution in [0.3, 0.4) is 0 Å². The number of carbonyl (C=O) groups is 1. The predicted octanol–water partition coefficient (Wildman–Crippen LogP) is 1.17. The molecule has 6 heteroatoms. The van der Waals surface area contributed by atoms with E-state index in [2.05, 4.69) is 10.6 Å². The van der Waals surface area contributed by atoms with Gasteiger partial charge in [-0.2, -0.15) is 0 Å². The first-order chi connectivity index (χ1) is 8.97. The highest BCUT2D eigenvalue weighted by Crippen LogP contribution is 2.16. The summed E-state index contributed by atoms with van der Waals surface area (Å²) >= 11 is 0. The Hall–Kier alpha value is -1.40. The Labute approximate surface area is 113 Å². The van der Waals surface area contributed by atoms with Crippen LogP contribution in [-0.4, -0.2) is 33.2 Å². The summed E-state index contributed by atoms with van der Waals surface area (Å²) in [7, 11) is -3.25. The van der Waals surface area contributed by atoms with Crippen LogP contribution in [0.4, 0.5) is 5.69 Å². The lowest BCUT2D eigenvalue weighted by molar-refractivity contribution is -0.118. The average molecular weight is 282 g/mol. The number of hydrogen-bond acceptors (Lipinski definition) is 4. The molecule has 2 N–H and O–H groups in total. The minimum Gasteiger partial charge on any atom is -0.325 e. The van der Waals surface area contributed by atoms with E-state index in [1.165, 1.54) is 12.1 Å². The number of carbonyl (C=O) groups excluding carboxylic acids is 1. The van der Waals surface area contributed by atoms with E-state index in [9.17, 15) is 13.2 Å². The molecule has 0 aliphatic carbocycles. The van der Waals surface area contributed by atoms with Crippen molar-refractivity contribution >= 4 is 21.4 Å². The van der Waals surface area contributed by atoms with Gasteiger partial charge in [-0.25, -0.2) is 8.42 Å². The van der Waals surface area contributed by atoms with Crippen LogP contribution in [0.25, 0.3) is 0 Å². The Bertz CT molecular complexity index is 563. The Morgan fingerprint density at radius 2 is 2.16 bits per heavy atom. The molecule has 0 radical (unpaired) electrons. The van der Waals surface area contributed by atoms with Gasteiger partial charge in [0.1, 0.15) is 0 Å². The molecule has 1 heterocycles. The summed E-state index contributed by atoms with van der Waals surface area (Å²) in [5.74, 6) is -0.106. The molecule has 19 heavy (non-hydrogen) atoms. The van der Waals surface area contributed by atoms with E-state index in [0.717, 1.165) is 32.1 Å². The largest absolute Gasteiger partial charge is 0.325 e. The Balaban J connectivity index is 2.08. The van der Waals surface area contributed by atoms with Gasteiger partial charge in [-0.1, -0.05) is 12.5 Å². The average Bonchev–Trinajstić information content (AvgIpc) is 2.39. The standard InChI is InChI=1S/C13H18N2O3S/c1-19(17,18)11-6-4-5-10(9-11)15-13(16)12-7-2-3-8-14-12/h4-6,9,12,14H,2-3,7-8H2,1H3,(H,15,16). The molecule has 0 aromatic heterocycles. The van der Waals surface area contributed by atoms with Crippen LogP contribution < -0.4 is 10.6 Å². The van der Waals surface area contributed by atoms with E-state index in [1.54, 1.807) is 12.1 Å². The number of sulfone groups is 1. The minimum absolute atomic E-state index is 0.106. The van der Waals surface area contributed by atoms with Gasteiger partial charge < -0.3 is 10.6 Å². The third-order valence-corrected chi connectivity index (χ3v) is 4.27. The topological polar surface area (TPSA) is 75.3 Å². The highest BCUT2D eigenvalue weighted by molar-refractivity contribution is 7.90. The van der Waals surface area contributed by atoms with Crippen molar-refractivity contribution < 1.29 is 13.2 Å². The molecule has 1 saturated heterocycles. The van der Waals surface area contributed by atoms with E-state index in [4.69, 9.17) is 0 Å². The van der Waals surface area contributed by atoms with Crippen LogP contribution in [0.15, 0.2) is 29.2 Å². The maximum absolute atomic E-state index is 12.0. The third kappa shape index (κ3) is 3.78. The summed E-state index contributed by atoms with van der Waals surface area (Å²) in [4.78, 5) is 12.2. The molecule has 1 atom stereocenters. The molecule has 1 aliphatic heterocycles. The van der Waals surface area contributed by atoms with E-state index in [0.29, 0.717) is 5.69 Å². The van der Waals surface area contributed by atoms with Crippen molar-refractivity contribution in [2.45, 2.75) is 30.2 Å². The van der Waals surface area contributed by atoms with Crippen molar-refractivity contribution in [3.05, 3.63) is 24.3 Å². The number of rotatable bonds is 3. The smallest absolute Gasteiger partial charge is 0.241 e. The minimum atomic E-state index is -3.25. The summed E-state index contributed by atoms with van der Waals surface area (Å²) in [6.45, 7) is 0.849. The second kappa shape index (κ2) is 5.71. The molecule has 1 aliphatic rings. The fraction of sp³-hybridized carbons (Fsp3) is 0.462. The van der Waals surface area contributed by atoms with Crippen LogP contribution in [0.1, 0.15) is 19.3 Å². The first-order valence-electron chi connectivity index (χ1n) is 6.31. The first kappa shape index (κ1) is 14.0. The maximum atomic E-state index is 12.0. The Morgan fingerprint density at radius 1 is 1.37 bits per heavy atom. The van der Waals surface area contributed by atoms with E-state index in [1.807, 2.05) is 0 Å². The molecule has 2 rings (SSSR count). The number of anilines is 1. The molecular weight excluding hydrogens is 264 g/mol. The van der Waals surface area contributed by atoms with Crippen LogP contribution in [0.2, 0.25) is 0 Å². The van der Waals surface area contributed by atoms with Crippen molar-refractivity contribution in [1.82, 2.24) is 5.32 Å². The Morgan fingerprint density at radius 3 is 2.79 bits per heavy atom. The van der Waals surface area contributed by atoms with Crippen LogP contribution in [0.5, 0.6) is 0 Å². The highest BCUT2D eigenvalue weighted by Gasteiger charge is 2.20. The lowest BCUT2D eigenvalue weighted by atomic mass is 10.0. The third-order valence-electron chi connectivity index (χ3n) is 3.16. The zero-order valence-corrected chi connectivity index (χ0v) is 11.7. The summed E-state index contributed by atoms with van der Waals surface area (Å²) in [6.07, 6.45) is 4.09. The Kier molecular flexibility index (Phi) is 4.21. The fourth-order valence-electron chi connectivity index (χ4n) is 2.11. The maximum Gasteiger partial charge on any atom is 0.241 e. The molecule has 104 valence electrons. The summed E-state index contributed by atoms with van der Waals surface area (Å²) in [6, 6.07) is 6.13. The normalized spacial score (nSPS) is 19.9. The van der Waals surface area contributed by atoms with Crippen molar-refractivity contribution in [1.29, 1.82) is 0 Å². The molecule has 0 saturated carbocycles. The van der Waals surface area contributed by atoms with Crippen molar-refractivity contribution in [3.8, 4) is 0 Å². The summed E-state index contributed by atoms with van der Waals surface area (Å²) < 4.78 is 22.9. The van der Waals surface area contributed by atoms with Gasteiger partial charge in [0, 0.05) is 11.9 Å². The van der Waals surface area contributed by atoms with E-state index >= 15 is 0 Å². The molecular formula is C13H18N2O3S. The molecule has 1 unspecified atom stereocenters. The summed E-state index contributed by atoms with van der Waals surface area (Å²) in [5.41, 5.74) is 0.514. The van der Waals surface area contributed by atoms with Gasteiger partial charge in [0.05, 0.1) is 10.9 Å². The number of hydrogen-bond donors (Lipinski definition) is 2. The van der Waals surface area contributed by atoms with Gasteiger partial charge in [0.2, 0.25) is 5.91 Å². The van der Waals surface area contributed by atoms with E-state index in [-0.39, 0.29) is 16.8 Å². The van der Waals surface area contributed by atoms with Crippen LogP contribution in [0, 0.1) is 0 Å². The number of nitrogens with one attached hydrogen (secondary N) is 2. The van der Waals surface area contributed by atoms with Crippen LogP contribution >= 0.6 is 0 Å². The summed E-state index contributed by atoms with van der Waals surface area (Å²) in [5, 5.41) is 5.91. The monoisotopic (exact) mass is 282 g/mol. The second-order valence-electron chi connectivity index (χ2n) is 4.79. The number of benzene rings is 1. The van der Waals surface area contributed by atoms with Gasteiger partial charge in [-0.3, -0.25) is 4.79 Å². The zero-order valence-electron chi connectivity index (χ0n) is 10.8.